The Labute approximate surface area is 194 Å². The Balaban J connectivity index is 2.07. The standard InChI is InChI=1S/C25H35N5O3/c1-15(2)11-19(26)23(31)30(24(32)33-25(4,5)6)21(22-28-13-16(3)29-22)12-17-14-27-20-10-8-7-9-18(17)20/h7-10,13-15,19,21,27H,11-12,26H2,1-6H3,(H,28,29)/t19-,21?/m0/s1. The highest BCUT2D eigenvalue weighted by molar-refractivity contribution is 5.95. The Kier molecular flexibility index (Phi) is 7.27. The molecule has 0 bridgehead atoms. The molecule has 8 heteroatoms. The van der Waals surface area contributed by atoms with Crippen molar-refractivity contribution in [1.29, 1.82) is 0 Å². The van der Waals surface area contributed by atoms with Crippen LogP contribution < -0.4 is 5.73 Å². The van der Waals surface area contributed by atoms with Gasteiger partial charge in [-0.3, -0.25) is 4.79 Å². The molecule has 0 radical (unpaired) electrons. The summed E-state index contributed by atoms with van der Waals surface area (Å²) < 4.78 is 5.65. The molecule has 3 aromatic rings. The van der Waals surface area contributed by atoms with Gasteiger partial charge in [0, 0.05) is 35.4 Å². The number of amides is 2. The fourth-order valence-electron chi connectivity index (χ4n) is 3.89. The van der Waals surface area contributed by atoms with Gasteiger partial charge in [0.25, 0.3) is 0 Å². The molecule has 0 aliphatic heterocycles. The second-order valence-electron chi connectivity index (χ2n) is 9.96. The van der Waals surface area contributed by atoms with Crippen molar-refractivity contribution >= 4 is 22.9 Å². The van der Waals surface area contributed by atoms with Crippen molar-refractivity contribution in [2.75, 3.05) is 0 Å². The Morgan fingerprint density at radius 3 is 2.52 bits per heavy atom. The summed E-state index contributed by atoms with van der Waals surface area (Å²) in [6.45, 7) is 11.2. The van der Waals surface area contributed by atoms with Gasteiger partial charge in [-0.05, 0) is 51.7 Å². The maximum absolute atomic E-state index is 13.6. The second-order valence-corrected chi connectivity index (χ2v) is 9.96. The molecule has 2 amide bonds. The minimum atomic E-state index is -0.834. The van der Waals surface area contributed by atoms with E-state index in [4.69, 9.17) is 10.5 Å². The van der Waals surface area contributed by atoms with Crippen molar-refractivity contribution < 1.29 is 14.3 Å². The van der Waals surface area contributed by atoms with E-state index in [0.29, 0.717) is 18.7 Å². The fraction of sp³-hybridized carbons (Fsp3) is 0.480. The van der Waals surface area contributed by atoms with Crippen LogP contribution in [0.3, 0.4) is 0 Å². The highest BCUT2D eigenvalue weighted by Gasteiger charge is 2.38. The summed E-state index contributed by atoms with van der Waals surface area (Å²) in [5, 5.41) is 1.02. The van der Waals surface area contributed by atoms with Crippen LogP contribution in [-0.2, 0) is 16.0 Å². The van der Waals surface area contributed by atoms with Crippen LogP contribution in [-0.4, -0.2) is 43.5 Å². The number of aromatic amines is 2. The Bertz CT molecular complexity index is 1110. The third kappa shape index (κ3) is 6.01. The molecule has 4 N–H and O–H groups in total. The fourth-order valence-corrected chi connectivity index (χ4v) is 3.89. The quantitative estimate of drug-likeness (QED) is 0.482. The zero-order valence-electron chi connectivity index (χ0n) is 20.3. The molecule has 0 aliphatic carbocycles. The van der Waals surface area contributed by atoms with Crippen molar-refractivity contribution in [1.82, 2.24) is 19.9 Å². The first kappa shape index (κ1) is 24.5. The van der Waals surface area contributed by atoms with E-state index in [-0.39, 0.29) is 5.92 Å². The second kappa shape index (κ2) is 9.79. The van der Waals surface area contributed by atoms with Gasteiger partial charge in [0.2, 0.25) is 5.91 Å². The number of H-pyrrole nitrogens is 2. The number of hydrogen-bond acceptors (Lipinski definition) is 5. The zero-order valence-corrected chi connectivity index (χ0v) is 20.3. The molecule has 0 aliphatic rings. The van der Waals surface area contributed by atoms with Gasteiger partial charge in [-0.25, -0.2) is 14.7 Å². The number of imide groups is 1. The molecule has 8 nitrogen and oxygen atoms in total. The number of fused-ring (bicyclic) bond motifs is 1. The Morgan fingerprint density at radius 2 is 1.91 bits per heavy atom. The van der Waals surface area contributed by atoms with E-state index >= 15 is 0 Å². The molecule has 0 saturated carbocycles. The highest BCUT2D eigenvalue weighted by Crippen LogP contribution is 2.30. The molecule has 2 atom stereocenters. The van der Waals surface area contributed by atoms with E-state index in [2.05, 4.69) is 15.0 Å². The number of para-hydroxylation sites is 1. The number of carbonyl (C=O) groups is 2. The number of nitrogens with one attached hydrogen (secondary N) is 2. The third-order valence-electron chi connectivity index (χ3n) is 5.31. The summed E-state index contributed by atoms with van der Waals surface area (Å²) in [5.74, 6) is 0.230. The summed E-state index contributed by atoms with van der Waals surface area (Å²) in [6, 6.07) is 6.37. The molecule has 2 aromatic heterocycles. The summed E-state index contributed by atoms with van der Waals surface area (Å²) in [5.41, 5.74) is 8.27. The summed E-state index contributed by atoms with van der Waals surface area (Å²) >= 11 is 0. The number of aromatic nitrogens is 3. The number of nitrogens with zero attached hydrogens (tertiary/aromatic N) is 2. The van der Waals surface area contributed by atoms with Crippen molar-refractivity contribution in [3.63, 3.8) is 0 Å². The van der Waals surface area contributed by atoms with E-state index in [1.165, 1.54) is 0 Å². The van der Waals surface area contributed by atoms with Crippen LogP contribution in [0.15, 0.2) is 36.7 Å². The Morgan fingerprint density at radius 1 is 1.21 bits per heavy atom. The lowest BCUT2D eigenvalue weighted by atomic mass is 10.00. The molecule has 2 heterocycles. The van der Waals surface area contributed by atoms with Crippen LogP contribution in [0.2, 0.25) is 0 Å². The maximum atomic E-state index is 13.6. The van der Waals surface area contributed by atoms with E-state index in [1.54, 1.807) is 27.0 Å². The van der Waals surface area contributed by atoms with Crippen molar-refractivity contribution in [2.45, 2.75) is 72.1 Å². The minimum Gasteiger partial charge on any atom is -0.443 e. The topological polar surface area (TPSA) is 117 Å². The van der Waals surface area contributed by atoms with Crippen LogP contribution in [0.25, 0.3) is 10.9 Å². The highest BCUT2D eigenvalue weighted by atomic mass is 16.6. The van der Waals surface area contributed by atoms with E-state index in [1.807, 2.05) is 51.2 Å². The predicted molar refractivity (Wildman–Crippen MR) is 129 cm³/mol. The predicted octanol–water partition coefficient (Wildman–Crippen LogP) is 4.62. The number of hydrogen-bond donors (Lipinski definition) is 3. The monoisotopic (exact) mass is 453 g/mol. The molecule has 33 heavy (non-hydrogen) atoms. The van der Waals surface area contributed by atoms with Gasteiger partial charge >= 0.3 is 6.09 Å². The third-order valence-corrected chi connectivity index (χ3v) is 5.31. The molecule has 0 fully saturated rings. The number of benzene rings is 1. The smallest absolute Gasteiger partial charge is 0.417 e. The summed E-state index contributed by atoms with van der Waals surface area (Å²) in [6.07, 6.45) is 3.67. The number of nitrogens with two attached hydrogens (primary N) is 1. The molecule has 1 unspecified atom stereocenters. The lowest BCUT2D eigenvalue weighted by Crippen LogP contribution is -2.51. The van der Waals surface area contributed by atoms with Crippen LogP contribution in [0.1, 0.15) is 64.2 Å². The summed E-state index contributed by atoms with van der Waals surface area (Å²) in [7, 11) is 0. The molecule has 178 valence electrons. The van der Waals surface area contributed by atoms with Crippen LogP contribution >= 0.6 is 0 Å². The molecular formula is C25H35N5O3. The van der Waals surface area contributed by atoms with Gasteiger partial charge in [-0.1, -0.05) is 32.0 Å². The molecular weight excluding hydrogens is 418 g/mol. The normalized spacial score (nSPS) is 13.8. The van der Waals surface area contributed by atoms with Gasteiger partial charge in [-0.2, -0.15) is 0 Å². The maximum Gasteiger partial charge on any atom is 0.417 e. The number of ether oxygens (including phenoxy) is 1. The van der Waals surface area contributed by atoms with E-state index in [0.717, 1.165) is 27.1 Å². The van der Waals surface area contributed by atoms with Crippen LogP contribution in [0.4, 0.5) is 4.79 Å². The first-order chi connectivity index (χ1) is 15.5. The van der Waals surface area contributed by atoms with E-state index in [9.17, 15) is 9.59 Å². The molecule has 3 rings (SSSR count). The largest absolute Gasteiger partial charge is 0.443 e. The van der Waals surface area contributed by atoms with E-state index < -0.39 is 29.7 Å². The SMILES string of the molecule is Cc1cnc(C(Cc2c[nH]c3ccccc23)N(C(=O)OC(C)(C)C)C(=O)[C@@H](N)CC(C)C)[nH]1. The van der Waals surface area contributed by atoms with Crippen LogP contribution in [0, 0.1) is 12.8 Å². The lowest BCUT2D eigenvalue weighted by Gasteiger charge is -2.33. The average molecular weight is 454 g/mol. The van der Waals surface area contributed by atoms with Gasteiger partial charge in [0.15, 0.2) is 0 Å². The zero-order chi connectivity index (χ0) is 24.3. The first-order valence-electron chi connectivity index (χ1n) is 11.3. The van der Waals surface area contributed by atoms with Crippen LogP contribution in [0.5, 0.6) is 0 Å². The average Bonchev–Trinajstić information content (AvgIpc) is 3.31. The lowest BCUT2D eigenvalue weighted by molar-refractivity contribution is -0.134. The van der Waals surface area contributed by atoms with Crippen molar-refractivity contribution in [3.8, 4) is 0 Å². The van der Waals surface area contributed by atoms with Gasteiger partial charge in [0.05, 0.1) is 6.04 Å². The number of carbonyl (C=O) groups excluding carboxylic acids is 2. The summed E-state index contributed by atoms with van der Waals surface area (Å²) in [4.78, 5) is 39.0. The first-order valence-corrected chi connectivity index (χ1v) is 11.3. The number of aryl methyl sites for hydroxylation is 1. The van der Waals surface area contributed by atoms with Gasteiger partial charge in [0.1, 0.15) is 17.5 Å². The number of imidazole rings is 1. The van der Waals surface area contributed by atoms with Crippen molar-refractivity contribution in [2.24, 2.45) is 11.7 Å². The molecule has 0 spiro atoms. The number of rotatable bonds is 7. The van der Waals surface area contributed by atoms with Crippen molar-refractivity contribution in [3.05, 3.63) is 53.7 Å². The van der Waals surface area contributed by atoms with Gasteiger partial charge < -0.3 is 20.4 Å². The molecule has 0 saturated heterocycles. The Hall–Kier alpha value is -3.13. The minimum absolute atomic E-state index is 0.197. The van der Waals surface area contributed by atoms with Gasteiger partial charge in [-0.15, -0.1) is 0 Å². The molecule has 1 aromatic carbocycles.